The molecule has 3 heterocycles. The first-order chi connectivity index (χ1) is 13.5. The fourth-order valence-electron chi connectivity index (χ4n) is 3.28. The van der Waals surface area contributed by atoms with Gasteiger partial charge in [0, 0.05) is 18.0 Å². The lowest BCUT2D eigenvalue weighted by Gasteiger charge is -2.07. The number of aromatic nitrogens is 4. The monoisotopic (exact) mass is 370 g/mol. The normalized spacial score (nSPS) is 11.7. The summed E-state index contributed by atoms with van der Waals surface area (Å²) in [7, 11) is 1.83. The molecule has 28 heavy (non-hydrogen) atoms. The molecule has 0 aliphatic rings. The number of benzene rings is 1. The summed E-state index contributed by atoms with van der Waals surface area (Å²) in [5.74, 6) is 0.0431. The standard InChI is InChI=1S/C21H18N6O/c1-12-4-5-14(8-22)6-16(12)18-7-17-19(10-23-18)26-21(28)20(17)13(2)25-15-9-24-27(3)11-15/h4-7,9-11,26,28H,1-3H3. The summed E-state index contributed by atoms with van der Waals surface area (Å²) < 4.78 is 1.67. The van der Waals surface area contributed by atoms with E-state index in [4.69, 9.17) is 0 Å². The largest absolute Gasteiger partial charge is 0.494 e. The van der Waals surface area contributed by atoms with Gasteiger partial charge < -0.3 is 10.1 Å². The number of aromatic hydroxyl groups is 1. The zero-order chi connectivity index (χ0) is 19.8. The summed E-state index contributed by atoms with van der Waals surface area (Å²) in [6, 6.07) is 9.59. The number of nitrogens with zero attached hydrogens (tertiary/aromatic N) is 5. The van der Waals surface area contributed by atoms with Crippen LogP contribution in [0.4, 0.5) is 5.69 Å². The van der Waals surface area contributed by atoms with Crippen molar-refractivity contribution in [3.8, 4) is 23.2 Å². The Morgan fingerprint density at radius 3 is 2.82 bits per heavy atom. The van der Waals surface area contributed by atoms with Crippen molar-refractivity contribution in [2.45, 2.75) is 13.8 Å². The molecule has 7 nitrogen and oxygen atoms in total. The number of nitriles is 1. The van der Waals surface area contributed by atoms with Crippen LogP contribution in [0.1, 0.15) is 23.6 Å². The van der Waals surface area contributed by atoms with Crippen LogP contribution in [0, 0.1) is 18.3 Å². The van der Waals surface area contributed by atoms with E-state index in [1.54, 1.807) is 29.3 Å². The van der Waals surface area contributed by atoms with Crippen LogP contribution in [0.5, 0.6) is 5.88 Å². The van der Waals surface area contributed by atoms with Crippen molar-refractivity contribution in [3.63, 3.8) is 0 Å². The second kappa shape index (κ2) is 6.67. The molecule has 0 radical (unpaired) electrons. The number of hydrogen-bond acceptors (Lipinski definition) is 5. The van der Waals surface area contributed by atoms with Crippen molar-refractivity contribution in [1.82, 2.24) is 19.7 Å². The minimum atomic E-state index is 0.0431. The summed E-state index contributed by atoms with van der Waals surface area (Å²) in [6.07, 6.45) is 5.15. The van der Waals surface area contributed by atoms with Gasteiger partial charge in [0.1, 0.15) is 5.69 Å². The summed E-state index contributed by atoms with van der Waals surface area (Å²) in [4.78, 5) is 12.0. The van der Waals surface area contributed by atoms with Crippen molar-refractivity contribution >= 4 is 22.3 Å². The van der Waals surface area contributed by atoms with Gasteiger partial charge in [0.25, 0.3) is 0 Å². The molecule has 1 aromatic carbocycles. The molecule has 4 aromatic rings. The second-order valence-corrected chi connectivity index (χ2v) is 6.67. The van der Waals surface area contributed by atoms with Crippen molar-refractivity contribution in [3.05, 3.63) is 59.5 Å². The van der Waals surface area contributed by atoms with Crippen LogP contribution in [0.2, 0.25) is 0 Å². The lowest BCUT2D eigenvalue weighted by molar-refractivity contribution is 0.457. The molecular formula is C21H18N6O. The number of nitrogens with one attached hydrogen (secondary N) is 1. The van der Waals surface area contributed by atoms with Gasteiger partial charge in [-0.1, -0.05) is 6.07 Å². The third kappa shape index (κ3) is 3.01. The molecule has 0 atom stereocenters. The third-order valence-corrected chi connectivity index (χ3v) is 4.66. The molecule has 0 spiro atoms. The van der Waals surface area contributed by atoms with Gasteiger partial charge in [-0.3, -0.25) is 9.67 Å². The number of aliphatic imine (C=N–C) groups is 1. The Morgan fingerprint density at radius 2 is 2.11 bits per heavy atom. The zero-order valence-electron chi connectivity index (χ0n) is 15.7. The van der Waals surface area contributed by atoms with Crippen LogP contribution in [-0.4, -0.2) is 30.6 Å². The van der Waals surface area contributed by atoms with Crippen molar-refractivity contribution in [1.29, 1.82) is 5.26 Å². The highest BCUT2D eigenvalue weighted by Gasteiger charge is 2.16. The average molecular weight is 370 g/mol. The summed E-state index contributed by atoms with van der Waals surface area (Å²) >= 11 is 0. The van der Waals surface area contributed by atoms with Crippen LogP contribution in [0.15, 0.2) is 47.8 Å². The van der Waals surface area contributed by atoms with E-state index in [-0.39, 0.29) is 5.88 Å². The van der Waals surface area contributed by atoms with Crippen LogP contribution in [0.3, 0.4) is 0 Å². The van der Waals surface area contributed by atoms with Crippen molar-refractivity contribution in [2.24, 2.45) is 12.0 Å². The molecule has 0 bridgehead atoms. The SMILES string of the molecule is CC(=Nc1cnn(C)c1)c1c(O)[nH]c2cnc(-c3cc(C#N)ccc3C)cc12. The highest BCUT2D eigenvalue weighted by Crippen LogP contribution is 2.32. The van der Waals surface area contributed by atoms with E-state index in [1.165, 1.54) is 0 Å². The highest BCUT2D eigenvalue weighted by molar-refractivity contribution is 6.13. The molecule has 2 N–H and O–H groups in total. The molecule has 0 amide bonds. The molecule has 0 fully saturated rings. The second-order valence-electron chi connectivity index (χ2n) is 6.67. The molecule has 0 aliphatic carbocycles. The Hall–Kier alpha value is -3.92. The van der Waals surface area contributed by atoms with Gasteiger partial charge in [0.05, 0.1) is 52.7 Å². The maximum atomic E-state index is 10.5. The average Bonchev–Trinajstić information content (AvgIpc) is 3.23. The van der Waals surface area contributed by atoms with Crippen molar-refractivity contribution in [2.75, 3.05) is 0 Å². The molecule has 0 saturated carbocycles. The third-order valence-electron chi connectivity index (χ3n) is 4.66. The van der Waals surface area contributed by atoms with Gasteiger partial charge in [0.2, 0.25) is 0 Å². The van der Waals surface area contributed by atoms with E-state index >= 15 is 0 Å². The number of H-pyrrole nitrogens is 1. The highest BCUT2D eigenvalue weighted by atomic mass is 16.3. The number of aryl methyl sites for hydroxylation is 2. The Morgan fingerprint density at radius 1 is 1.29 bits per heavy atom. The predicted octanol–water partition coefficient (Wildman–Crippen LogP) is 3.99. The van der Waals surface area contributed by atoms with Crippen molar-refractivity contribution < 1.29 is 5.11 Å². The molecule has 4 rings (SSSR count). The van der Waals surface area contributed by atoms with Crippen LogP contribution < -0.4 is 0 Å². The van der Waals surface area contributed by atoms with E-state index in [0.29, 0.717) is 28.0 Å². The Balaban J connectivity index is 1.88. The Labute approximate surface area is 161 Å². The first-order valence-corrected chi connectivity index (χ1v) is 8.72. The van der Waals surface area contributed by atoms with Crippen LogP contribution in [0.25, 0.3) is 22.2 Å². The maximum absolute atomic E-state index is 10.5. The lowest BCUT2D eigenvalue weighted by atomic mass is 10.0. The predicted molar refractivity (Wildman–Crippen MR) is 108 cm³/mol. The van der Waals surface area contributed by atoms with E-state index in [9.17, 15) is 10.4 Å². The number of pyridine rings is 1. The first kappa shape index (κ1) is 17.5. The topological polar surface area (TPSA) is 103 Å². The number of hydrogen-bond donors (Lipinski definition) is 2. The van der Waals surface area contributed by atoms with Crippen LogP contribution >= 0.6 is 0 Å². The quantitative estimate of drug-likeness (QED) is 0.532. The first-order valence-electron chi connectivity index (χ1n) is 8.72. The molecular weight excluding hydrogens is 352 g/mol. The van der Waals surface area contributed by atoms with Crippen LogP contribution in [-0.2, 0) is 7.05 Å². The number of rotatable bonds is 3. The number of aromatic amines is 1. The van der Waals surface area contributed by atoms with E-state index in [1.807, 2.05) is 39.1 Å². The summed E-state index contributed by atoms with van der Waals surface area (Å²) in [5, 5.41) is 24.6. The molecule has 7 heteroatoms. The van der Waals surface area contributed by atoms with E-state index in [2.05, 4.69) is 26.1 Å². The Kier molecular flexibility index (Phi) is 4.17. The minimum absolute atomic E-state index is 0.0431. The fourth-order valence-corrected chi connectivity index (χ4v) is 3.28. The van der Waals surface area contributed by atoms with Gasteiger partial charge in [-0.2, -0.15) is 10.4 Å². The van der Waals surface area contributed by atoms with Gasteiger partial charge >= 0.3 is 0 Å². The van der Waals surface area contributed by atoms with E-state index < -0.39 is 0 Å². The van der Waals surface area contributed by atoms with Gasteiger partial charge in [-0.25, -0.2) is 4.99 Å². The summed E-state index contributed by atoms with van der Waals surface area (Å²) in [5.41, 5.74) is 5.92. The Bertz CT molecular complexity index is 1270. The minimum Gasteiger partial charge on any atom is -0.494 e. The van der Waals surface area contributed by atoms with Gasteiger partial charge in [0.15, 0.2) is 5.88 Å². The molecule has 3 aromatic heterocycles. The van der Waals surface area contributed by atoms with Gasteiger partial charge in [-0.15, -0.1) is 0 Å². The van der Waals surface area contributed by atoms with E-state index in [0.717, 1.165) is 22.2 Å². The maximum Gasteiger partial charge on any atom is 0.198 e. The molecule has 0 saturated heterocycles. The summed E-state index contributed by atoms with van der Waals surface area (Å²) in [6.45, 7) is 3.82. The number of fused-ring (bicyclic) bond motifs is 1. The van der Waals surface area contributed by atoms with Gasteiger partial charge in [-0.05, 0) is 37.6 Å². The lowest BCUT2D eigenvalue weighted by Crippen LogP contribution is -1.94. The zero-order valence-corrected chi connectivity index (χ0v) is 15.7. The molecule has 138 valence electrons. The fraction of sp³-hybridized carbons (Fsp3) is 0.143. The smallest absolute Gasteiger partial charge is 0.198 e. The molecule has 0 aliphatic heterocycles. The molecule has 0 unspecified atom stereocenters.